The van der Waals surface area contributed by atoms with Crippen molar-refractivity contribution >= 4 is 5.91 Å². The van der Waals surface area contributed by atoms with E-state index < -0.39 is 0 Å². The Labute approximate surface area is 98.6 Å². The van der Waals surface area contributed by atoms with Gasteiger partial charge in [-0.1, -0.05) is 12.8 Å². The smallest absolute Gasteiger partial charge is 0.219 e. The van der Waals surface area contributed by atoms with Crippen molar-refractivity contribution in [1.29, 1.82) is 0 Å². The van der Waals surface area contributed by atoms with Gasteiger partial charge in [-0.15, -0.1) is 0 Å². The van der Waals surface area contributed by atoms with Crippen molar-refractivity contribution in [2.24, 2.45) is 5.92 Å². The second-order valence-electron chi connectivity index (χ2n) is 5.22. The van der Waals surface area contributed by atoms with Crippen molar-refractivity contribution in [3.05, 3.63) is 0 Å². The van der Waals surface area contributed by atoms with Gasteiger partial charge in [0.05, 0.1) is 0 Å². The zero-order valence-electron chi connectivity index (χ0n) is 10.4. The topological polar surface area (TPSA) is 32.3 Å². The van der Waals surface area contributed by atoms with Crippen LogP contribution in [0.15, 0.2) is 0 Å². The Morgan fingerprint density at radius 3 is 2.56 bits per heavy atom. The Hall–Kier alpha value is -0.570. The van der Waals surface area contributed by atoms with E-state index in [0.29, 0.717) is 6.04 Å². The Morgan fingerprint density at radius 1 is 1.12 bits per heavy atom. The quantitative estimate of drug-likeness (QED) is 0.736. The van der Waals surface area contributed by atoms with Crippen molar-refractivity contribution in [2.45, 2.75) is 51.5 Å². The maximum atomic E-state index is 11.7. The Morgan fingerprint density at radius 2 is 1.88 bits per heavy atom. The first kappa shape index (κ1) is 11.9. The zero-order valence-corrected chi connectivity index (χ0v) is 10.4. The van der Waals surface area contributed by atoms with E-state index in [1.54, 1.807) is 6.92 Å². The molecule has 0 spiro atoms. The summed E-state index contributed by atoms with van der Waals surface area (Å²) in [5.74, 6) is 1.02. The van der Waals surface area contributed by atoms with Crippen molar-refractivity contribution in [2.75, 3.05) is 19.6 Å². The SMILES string of the molecule is CC(=O)N1CCCCC[C@H]1C1CCNCC1. The molecule has 2 fully saturated rings. The second-order valence-corrected chi connectivity index (χ2v) is 5.22. The van der Waals surface area contributed by atoms with Crippen LogP contribution >= 0.6 is 0 Å². The van der Waals surface area contributed by atoms with Gasteiger partial charge in [0.2, 0.25) is 5.91 Å². The molecule has 0 radical (unpaired) electrons. The minimum atomic E-state index is 0.283. The van der Waals surface area contributed by atoms with Gasteiger partial charge in [0.15, 0.2) is 0 Å². The molecule has 0 bridgehead atoms. The third-order valence-corrected chi connectivity index (χ3v) is 4.13. The van der Waals surface area contributed by atoms with Crippen LogP contribution in [-0.2, 0) is 4.79 Å². The molecule has 3 heteroatoms. The van der Waals surface area contributed by atoms with Gasteiger partial charge in [-0.3, -0.25) is 4.79 Å². The number of amides is 1. The van der Waals surface area contributed by atoms with Gasteiger partial charge in [-0.05, 0) is 44.7 Å². The summed E-state index contributed by atoms with van der Waals surface area (Å²) >= 11 is 0. The van der Waals surface area contributed by atoms with Crippen LogP contribution in [0, 0.1) is 5.92 Å². The molecule has 0 aromatic rings. The molecule has 0 saturated carbocycles. The lowest BCUT2D eigenvalue weighted by Crippen LogP contribution is -2.46. The number of carbonyl (C=O) groups is 1. The summed E-state index contributed by atoms with van der Waals surface area (Å²) in [6.07, 6.45) is 7.51. The van der Waals surface area contributed by atoms with E-state index in [-0.39, 0.29) is 5.91 Å². The number of carbonyl (C=O) groups excluding carboxylic acids is 1. The van der Waals surface area contributed by atoms with Crippen LogP contribution in [0.25, 0.3) is 0 Å². The highest BCUT2D eigenvalue weighted by molar-refractivity contribution is 5.73. The highest BCUT2D eigenvalue weighted by Crippen LogP contribution is 2.28. The number of rotatable bonds is 1. The molecule has 0 aromatic heterocycles. The van der Waals surface area contributed by atoms with Crippen LogP contribution in [0.2, 0.25) is 0 Å². The van der Waals surface area contributed by atoms with Crippen LogP contribution in [0.3, 0.4) is 0 Å². The van der Waals surface area contributed by atoms with Crippen LogP contribution in [0.1, 0.15) is 45.4 Å². The summed E-state index contributed by atoms with van der Waals surface area (Å²) in [6, 6.07) is 0.530. The molecule has 0 unspecified atom stereocenters. The molecule has 2 heterocycles. The summed E-state index contributed by atoms with van der Waals surface area (Å²) in [4.78, 5) is 13.9. The normalized spacial score (nSPS) is 28.8. The van der Waals surface area contributed by atoms with Crippen LogP contribution in [0.4, 0.5) is 0 Å². The molecule has 1 amide bonds. The minimum Gasteiger partial charge on any atom is -0.340 e. The molecule has 2 saturated heterocycles. The maximum Gasteiger partial charge on any atom is 0.219 e. The minimum absolute atomic E-state index is 0.283. The summed E-state index contributed by atoms with van der Waals surface area (Å²) in [6.45, 7) is 4.99. The molecule has 1 N–H and O–H groups in total. The maximum absolute atomic E-state index is 11.7. The van der Waals surface area contributed by atoms with E-state index in [2.05, 4.69) is 10.2 Å². The summed E-state index contributed by atoms with van der Waals surface area (Å²) < 4.78 is 0. The van der Waals surface area contributed by atoms with Gasteiger partial charge < -0.3 is 10.2 Å². The summed E-state index contributed by atoms with van der Waals surface area (Å²) in [5, 5.41) is 3.41. The van der Waals surface area contributed by atoms with E-state index in [1.165, 1.54) is 38.5 Å². The molecular weight excluding hydrogens is 200 g/mol. The summed E-state index contributed by atoms with van der Waals surface area (Å²) in [7, 11) is 0. The zero-order chi connectivity index (χ0) is 11.4. The first-order valence-corrected chi connectivity index (χ1v) is 6.77. The largest absolute Gasteiger partial charge is 0.340 e. The lowest BCUT2D eigenvalue weighted by atomic mass is 9.87. The van der Waals surface area contributed by atoms with Gasteiger partial charge >= 0.3 is 0 Å². The second kappa shape index (κ2) is 5.67. The fourth-order valence-corrected chi connectivity index (χ4v) is 3.24. The number of piperidine rings is 1. The first-order chi connectivity index (χ1) is 7.79. The van der Waals surface area contributed by atoms with E-state index in [0.717, 1.165) is 25.6 Å². The molecular formula is C13H24N2O. The molecule has 92 valence electrons. The number of likely N-dealkylation sites (tertiary alicyclic amines) is 1. The van der Waals surface area contributed by atoms with Crippen LogP contribution in [-0.4, -0.2) is 36.5 Å². The lowest BCUT2D eigenvalue weighted by molar-refractivity contribution is -0.132. The molecule has 1 atom stereocenters. The molecule has 16 heavy (non-hydrogen) atoms. The molecule has 3 nitrogen and oxygen atoms in total. The lowest BCUT2D eigenvalue weighted by Gasteiger charge is -2.37. The highest BCUT2D eigenvalue weighted by Gasteiger charge is 2.30. The van der Waals surface area contributed by atoms with Gasteiger partial charge in [-0.2, -0.15) is 0 Å². The molecule has 2 aliphatic heterocycles. The van der Waals surface area contributed by atoms with Crippen molar-refractivity contribution < 1.29 is 4.79 Å². The number of nitrogens with one attached hydrogen (secondary N) is 1. The van der Waals surface area contributed by atoms with Crippen LogP contribution < -0.4 is 5.32 Å². The third-order valence-electron chi connectivity index (χ3n) is 4.13. The third kappa shape index (κ3) is 2.76. The van der Waals surface area contributed by atoms with Gasteiger partial charge in [0.25, 0.3) is 0 Å². The summed E-state index contributed by atoms with van der Waals surface area (Å²) in [5.41, 5.74) is 0. The predicted molar refractivity (Wildman–Crippen MR) is 65.2 cm³/mol. The van der Waals surface area contributed by atoms with Crippen molar-refractivity contribution in [3.63, 3.8) is 0 Å². The Balaban J connectivity index is 2.03. The fraction of sp³-hybridized carbons (Fsp3) is 0.923. The highest BCUT2D eigenvalue weighted by atomic mass is 16.2. The van der Waals surface area contributed by atoms with E-state index in [9.17, 15) is 4.79 Å². The average molecular weight is 224 g/mol. The first-order valence-electron chi connectivity index (χ1n) is 6.77. The number of nitrogens with zero attached hydrogens (tertiary/aromatic N) is 1. The van der Waals surface area contributed by atoms with Crippen molar-refractivity contribution in [3.8, 4) is 0 Å². The average Bonchev–Trinajstić information content (AvgIpc) is 2.55. The van der Waals surface area contributed by atoms with E-state index in [4.69, 9.17) is 0 Å². The standard InChI is InChI=1S/C13H24N2O/c1-11(16)15-10-4-2-3-5-13(15)12-6-8-14-9-7-12/h12-14H,2-10H2,1H3/t13-/m0/s1. The fourth-order valence-electron chi connectivity index (χ4n) is 3.24. The Kier molecular flexibility index (Phi) is 4.22. The number of hydrogen-bond donors (Lipinski definition) is 1. The molecule has 2 aliphatic rings. The van der Waals surface area contributed by atoms with Gasteiger partial charge in [0.1, 0.15) is 0 Å². The predicted octanol–water partition coefficient (Wildman–Crippen LogP) is 1.78. The monoisotopic (exact) mass is 224 g/mol. The number of hydrogen-bond acceptors (Lipinski definition) is 2. The molecule has 0 aliphatic carbocycles. The van der Waals surface area contributed by atoms with Gasteiger partial charge in [-0.25, -0.2) is 0 Å². The Bertz CT molecular complexity index is 236. The van der Waals surface area contributed by atoms with E-state index >= 15 is 0 Å². The molecule has 2 rings (SSSR count). The van der Waals surface area contributed by atoms with Crippen LogP contribution in [0.5, 0.6) is 0 Å². The molecule has 0 aromatic carbocycles. The van der Waals surface area contributed by atoms with Gasteiger partial charge in [0, 0.05) is 19.5 Å². The van der Waals surface area contributed by atoms with Crippen molar-refractivity contribution in [1.82, 2.24) is 10.2 Å². The van der Waals surface area contributed by atoms with E-state index in [1.807, 2.05) is 0 Å².